The third-order valence-electron chi connectivity index (χ3n) is 4.09. The summed E-state index contributed by atoms with van der Waals surface area (Å²) in [5, 5.41) is 3.86. The molecule has 5 nitrogen and oxygen atoms in total. The number of rotatable bonds is 2. The van der Waals surface area contributed by atoms with E-state index < -0.39 is 0 Å². The van der Waals surface area contributed by atoms with E-state index in [4.69, 9.17) is 5.73 Å². The zero-order valence-corrected chi connectivity index (χ0v) is 11.6. The number of H-pyrrole nitrogens is 1. The highest BCUT2D eigenvalue weighted by Gasteiger charge is 2.33. The number of aldehydes is 1. The first kappa shape index (κ1) is 12.6. The first-order chi connectivity index (χ1) is 10.7. The van der Waals surface area contributed by atoms with E-state index in [0.717, 1.165) is 28.3 Å². The second-order valence-electron chi connectivity index (χ2n) is 5.37. The maximum Gasteiger partial charge on any atom is 0.252 e. The highest BCUT2D eigenvalue weighted by Crippen LogP contribution is 2.37. The summed E-state index contributed by atoms with van der Waals surface area (Å²) in [6.45, 7) is 0. The van der Waals surface area contributed by atoms with Crippen LogP contribution in [0.25, 0.3) is 10.9 Å². The van der Waals surface area contributed by atoms with Crippen molar-refractivity contribution in [1.29, 1.82) is 0 Å². The molecule has 1 atom stereocenters. The third-order valence-corrected chi connectivity index (χ3v) is 4.09. The number of benzene rings is 2. The Morgan fingerprint density at radius 3 is 2.77 bits per heavy atom. The number of aromatic nitrogens is 1. The average molecular weight is 291 g/mol. The number of fused-ring (bicyclic) bond motifs is 2. The molecule has 1 aliphatic heterocycles. The van der Waals surface area contributed by atoms with Gasteiger partial charge in [-0.3, -0.25) is 9.59 Å². The smallest absolute Gasteiger partial charge is 0.252 e. The van der Waals surface area contributed by atoms with E-state index in [-0.39, 0.29) is 11.9 Å². The lowest BCUT2D eigenvalue weighted by Crippen LogP contribution is -2.20. The van der Waals surface area contributed by atoms with E-state index in [1.807, 2.05) is 24.3 Å². The molecular weight excluding hydrogens is 278 g/mol. The molecule has 0 saturated heterocycles. The largest absolute Gasteiger partial charge is 0.399 e. The Morgan fingerprint density at radius 1 is 1.14 bits per heavy atom. The second kappa shape index (κ2) is 4.46. The number of anilines is 1. The van der Waals surface area contributed by atoms with Crippen molar-refractivity contribution in [3.63, 3.8) is 0 Å². The Morgan fingerprint density at radius 2 is 1.95 bits per heavy atom. The molecule has 3 aromatic rings. The molecule has 1 aromatic heterocycles. The summed E-state index contributed by atoms with van der Waals surface area (Å²) >= 11 is 0. The van der Waals surface area contributed by atoms with Gasteiger partial charge in [-0.25, -0.2) is 0 Å². The molecule has 0 saturated carbocycles. The summed E-state index contributed by atoms with van der Waals surface area (Å²) in [6, 6.07) is 12.5. The molecule has 4 rings (SSSR count). The van der Waals surface area contributed by atoms with Crippen LogP contribution in [-0.4, -0.2) is 17.2 Å². The Kier molecular flexibility index (Phi) is 2.56. The second-order valence-corrected chi connectivity index (χ2v) is 5.37. The number of hydrogen-bond donors (Lipinski definition) is 3. The van der Waals surface area contributed by atoms with E-state index >= 15 is 0 Å². The average Bonchev–Trinajstić information content (AvgIpc) is 3.04. The van der Waals surface area contributed by atoms with Gasteiger partial charge in [-0.05, 0) is 29.8 Å². The number of hydrogen-bond acceptors (Lipinski definition) is 3. The maximum absolute atomic E-state index is 12.2. The number of carbonyl (C=O) groups is 2. The minimum atomic E-state index is -0.373. The van der Waals surface area contributed by atoms with Gasteiger partial charge in [-0.15, -0.1) is 0 Å². The molecular formula is C17H13N3O2. The molecule has 0 aliphatic carbocycles. The molecule has 4 N–H and O–H groups in total. The molecule has 0 radical (unpaired) electrons. The van der Waals surface area contributed by atoms with Gasteiger partial charge in [0.05, 0.1) is 11.7 Å². The summed E-state index contributed by atoms with van der Waals surface area (Å²) in [4.78, 5) is 26.7. The Balaban J connectivity index is 2.00. The predicted octanol–water partition coefficient (Wildman–Crippen LogP) is 2.40. The van der Waals surface area contributed by atoms with Crippen LogP contribution in [0.2, 0.25) is 0 Å². The number of carbonyl (C=O) groups excluding carboxylic acids is 2. The van der Waals surface area contributed by atoms with Crippen LogP contribution in [0.3, 0.4) is 0 Å². The van der Waals surface area contributed by atoms with Crippen molar-refractivity contribution < 1.29 is 9.59 Å². The molecule has 0 spiro atoms. The van der Waals surface area contributed by atoms with Crippen molar-refractivity contribution in [3.05, 3.63) is 64.8 Å². The van der Waals surface area contributed by atoms with E-state index in [1.54, 1.807) is 18.2 Å². The van der Waals surface area contributed by atoms with Gasteiger partial charge in [0.25, 0.3) is 5.91 Å². The van der Waals surface area contributed by atoms with E-state index in [1.165, 1.54) is 0 Å². The number of para-hydroxylation sites is 1. The van der Waals surface area contributed by atoms with Crippen molar-refractivity contribution in [2.75, 3.05) is 5.73 Å². The molecule has 0 fully saturated rings. The van der Waals surface area contributed by atoms with Crippen molar-refractivity contribution in [1.82, 2.24) is 10.3 Å². The summed E-state index contributed by atoms with van der Waals surface area (Å²) in [5.74, 6) is -0.151. The van der Waals surface area contributed by atoms with Gasteiger partial charge >= 0.3 is 0 Å². The van der Waals surface area contributed by atoms with Gasteiger partial charge in [0, 0.05) is 27.7 Å². The highest BCUT2D eigenvalue weighted by atomic mass is 16.2. The topological polar surface area (TPSA) is 88.0 Å². The van der Waals surface area contributed by atoms with Crippen LogP contribution >= 0.6 is 0 Å². The molecule has 0 bridgehead atoms. The molecule has 22 heavy (non-hydrogen) atoms. The zero-order chi connectivity index (χ0) is 15.3. The normalized spacial score (nSPS) is 16.5. The van der Waals surface area contributed by atoms with Crippen LogP contribution in [0.15, 0.2) is 42.5 Å². The van der Waals surface area contributed by atoms with Crippen LogP contribution < -0.4 is 11.1 Å². The highest BCUT2D eigenvalue weighted by molar-refractivity contribution is 6.02. The standard InChI is InChI=1S/C17H13N3O2/c18-9-5-6-10-12(7-9)16(20-17(10)22)15-11-3-1-2-4-13(11)19-14(15)8-21/h1-8,16,19H,18H2,(H,20,22). The number of amides is 1. The first-order valence-corrected chi connectivity index (χ1v) is 6.95. The fourth-order valence-corrected chi connectivity index (χ4v) is 3.13. The van der Waals surface area contributed by atoms with Crippen molar-refractivity contribution in [2.45, 2.75) is 6.04 Å². The molecule has 108 valence electrons. The lowest BCUT2D eigenvalue weighted by atomic mass is 9.95. The lowest BCUT2D eigenvalue weighted by Gasteiger charge is -2.12. The van der Waals surface area contributed by atoms with E-state index in [2.05, 4.69) is 10.3 Å². The van der Waals surface area contributed by atoms with Gasteiger partial charge in [-0.1, -0.05) is 18.2 Å². The molecule has 5 heteroatoms. The molecule has 2 aromatic carbocycles. The van der Waals surface area contributed by atoms with Gasteiger partial charge in [0.1, 0.15) is 0 Å². The fourth-order valence-electron chi connectivity index (χ4n) is 3.13. The summed E-state index contributed by atoms with van der Waals surface area (Å²) < 4.78 is 0. The fraction of sp³-hybridized carbons (Fsp3) is 0.0588. The van der Waals surface area contributed by atoms with E-state index in [0.29, 0.717) is 16.9 Å². The van der Waals surface area contributed by atoms with Gasteiger partial charge in [-0.2, -0.15) is 0 Å². The first-order valence-electron chi connectivity index (χ1n) is 6.95. The zero-order valence-electron chi connectivity index (χ0n) is 11.6. The quantitative estimate of drug-likeness (QED) is 0.500. The Hall–Kier alpha value is -3.08. The summed E-state index contributed by atoms with van der Waals surface area (Å²) in [5.41, 5.74) is 9.97. The molecule has 1 amide bonds. The molecule has 1 unspecified atom stereocenters. The predicted molar refractivity (Wildman–Crippen MR) is 83.8 cm³/mol. The third kappa shape index (κ3) is 1.65. The van der Waals surface area contributed by atoms with Crippen LogP contribution in [-0.2, 0) is 0 Å². The minimum absolute atomic E-state index is 0.151. The molecule has 2 heterocycles. The van der Waals surface area contributed by atoms with Crippen LogP contribution in [0.1, 0.15) is 38.0 Å². The molecule has 1 aliphatic rings. The number of nitrogen functional groups attached to an aromatic ring is 1. The lowest BCUT2D eigenvalue weighted by molar-refractivity contribution is 0.0959. The van der Waals surface area contributed by atoms with Gasteiger partial charge in [0.2, 0.25) is 0 Å². The summed E-state index contributed by atoms with van der Waals surface area (Å²) in [7, 11) is 0. The van der Waals surface area contributed by atoms with Crippen LogP contribution in [0, 0.1) is 0 Å². The summed E-state index contributed by atoms with van der Waals surface area (Å²) in [6.07, 6.45) is 0.784. The van der Waals surface area contributed by atoms with Gasteiger partial charge < -0.3 is 16.0 Å². The number of aromatic amines is 1. The number of nitrogens with two attached hydrogens (primary N) is 1. The maximum atomic E-state index is 12.2. The van der Waals surface area contributed by atoms with Crippen LogP contribution in [0.5, 0.6) is 0 Å². The monoisotopic (exact) mass is 291 g/mol. The van der Waals surface area contributed by atoms with Crippen molar-refractivity contribution >= 4 is 28.8 Å². The SMILES string of the molecule is Nc1ccc2c(c1)C(c1c(C=O)[nH]c3ccccc13)NC2=O. The van der Waals surface area contributed by atoms with E-state index in [9.17, 15) is 9.59 Å². The van der Waals surface area contributed by atoms with Crippen LogP contribution in [0.4, 0.5) is 5.69 Å². The van der Waals surface area contributed by atoms with Crippen molar-refractivity contribution in [2.24, 2.45) is 0 Å². The minimum Gasteiger partial charge on any atom is -0.399 e. The van der Waals surface area contributed by atoms with Crippen molar-refractivity contribution in [3.8, 4) is 0 Å². The Bertz CT molecular complexity index is 927. The van der Waals surface area contributed by atoms with Gasteiger partial charge in [0.15, 0.2) is 6.29 Å². The number of nitrogens with one attached hydrogen (secondary N) is 2. The Labute approximate surface area is 126 Å².